The maximum atomic E-state index is 12.9. The van der Waals surface area contributed by atoms with Crippen molar-refractivity contribution >= 4 is 27.8 Å². The van der Waals surface area contributed by atoms with Crippen LogP contribution in [0, 0.1) is 0 Å². The molecule has 0 radical (unpaired) electrons. The van der Waals surface area contributed by atoms with E-state index in [1.807, 2.05) is 30.3 Å². The van der Waals surface area contributed by atoms with Crippen molar-refractivity contribution in [2.45, 2.75) is 13.0 Å². The first-order valence-corrected chi connectivity index (χ1v) is 8.42. The predicted octanol–water partition coefficient (Wildman–Crippen LogP) is 3.26. The summed E-state index contributed by atoms with van der Waals surface area (Å²) in [6, 6.07) is 15.2. The monoisotopic (exact) mass is 360 g/mol. The van der Waals surface area contributed by atoms with Crippen molar-refractivity contribution in [2.75, 3.05) is 0 Å². The van der Waals surface area contributed by atoms with Crippen LogP contribution in [0.4, 0.5) is 0 Å². The molecule has 6 heteroatoms. The summed E-state index contributed by atoms with van der Waals surface area (Å²) in [5.74, 6) is -0.293. The van der Waals surface area contributed by atoms with Crippen molar-refractivity contribution in [3.63, 3.8) is 0 Å². The largest absolute Gasteiger partial charge is 0.463 e. The molecule has 6 nitrogen and oxygen atoms in total. The Bertz CT molecular complexity index is 1230. The first-order valence-electron chi connectivity index (χ1n) is 8.42. The Hall–Kier alpha value is -3.51. The molecule has 0 aliphatic rings. The van der Waals surface area contributed by atoms with Gasteiger partial charge in [-0.1, -0.05) is 24.3 Å². The number of pyridine rings is 1. The number of aromatic nitrogens is 1. The molecule has 2 aromatic heterocycles. The molecule has 2 N–H and O–H groups in total. The number of carbonyl (C=O) groups excluding carboxylic acids is 1. The highest BCUT2D eigenvalue weighted by molar-refractivity contribution is 5.85. The molecule has 1 atom stereocenters. The summed E-state index contributed by atoms with van der Waals surface area (Å²) in [4.78, 5) is 29.0. The highest BCUT2D eigenvalue weighted by Crippen LogP contribution is 2.24. The van der Waals surface area contributed by atoms with E-state index in [9.17, 15) is 9.59 Å². The van der Waals surface area contributed by atoms with Crippen LogP contribution in [0.3, 0.4) is 0 Å². The number of nitrogens with two attached hydrogens (primary N) is 1. The molecule has 0 amide bonds. The fraction of sp³-hybridized carbons (Fsp3) is 0.0952. The quantitative estimate of drug-likeness (QED) is 0.445. The molecule has 2 aromatic carbocycles. The van der Waals surface area contributed by atoms with Gasteiger partial charge >= 0.3 is 5.97 Å². The Morgan fingerprint density at radius 1 is 1.15 bits per heavy atom. The Kier molecular flexibility index (Phi) is 4.18. The minimum Gasteiger partial charge on any atom is -0.463 e. The number of rotatable bonds is 3. The van der Waals surface area contributed by atoms with E-state index in [0.717, 1.165) is 10.9 Å². The maximum absolute atomic E-state index is 12.9. The van der Waals surface area contributed by atoms with E-state index in [4.69, 9.17) is 14.9 Å². The Morgan fingerprint density at radius 2 is 1.96 bits per heavy atom. The van der Waals surface area contributed by atoms with Crippen LogP contribution in [0.5, 0.6) is 5.75 Å². The summed E-state index contributed by atoms with van der Waals surface area (Å²) in [7, 11) is 0. The van der Waals surface area contributed by atoms with Crippen LogP contribution in [0.15, 0.2) is 70.1 Å². The minimum absolute atomic E-state index is 0.205. The van der Waals surface area contributed by atoms with Gasteiger partial charge in [-0.25, -0.2) is 9.78 Å². The summed E-state index contributed by atoms with van der Waals surface area (Å²) >= 11 is 0. The second kappa shape index (κ2) is 6.66. The van der Waals surface area contributed by atoms with Crippen molar-refractivity contribution in [2.24, 2.45) is 5.73 Å². The maximum Gasteiger partial charge on any atom is 0.328 e. The highest BCUT2D eigenvalue weighted by Gasteiger charge is 2.14. The van der Waals surface area contributed by atoms with Crippen LogP contribution < -0.4 is 15.9 Å². The van der Waals surface area contributed by atoms with E-state index >= 15 is 0 Å². The van der Waals surface area contributed by atoms with E-state index in [-0.39, 0.29) is 11.2 Å². The summed E-state index contributed by atoms with van der Waals surface area (Å²) < 4.78 is 10.8. The molecule has 0 unspecified atom stereocenters. The third kappa shape index (κ3) is 3.18. The lowest BCUT2D eigenvalue weighted by atomic mass is 10.1. The van der Waals surface area contributed by atoms with Gasteiger partial charge in [0, 0.05) is 11.5 Å². The molecule has 0 aliphatic heterocycles. The molecule has 4 aromatic rings. The fourth-order valence-corrected chi connectivity index (χ4v) is 2.77. The number of ether oxygens (including phenoxy) is 1. The smallest absolute Gasteiger partial charge is 0.328 e. The van der Waals surface area contributed by atoms with Gasteiger partial charge in [-0.15, -0.1) is 0 Å². The first kappa shape index (κ1) is 16.9. The third-order valence-electron chi connectivity index (χ3n) is 4.21. The topological polar surface area (TPSA) is 95.4 Å². The number of hydrogen-bond donors (Lipinski definition) is 1. The van der Waals surface area contributed by atoms with Crippen molar-refractivity contribution in [3.8, 4) is 17.0 Å². The lowest BCUT2D eigenvalue weighted by molar-refractivity contribution is -0.135. The zero-order chi connectivity index (χ0) is 19.0. The van der Waals surface area contributed by atoms with Crippen LogP contribution in [-0.4, -0.2) is 17.0 Å². The van der Waals surface area contributed by atoms with Gasteiger partial charge in [0.05, 0.1) is 22.2 Å². The van der Waals surface area contributed by atoms with Crippen LogP contribution in [0.25, 0.3) is 33.1 Å². The molecule has 2 heterocycles. The van der Waals surface area contributed by atoms with Gasteiger partial charge < -0.3 is 14.9 Å². The predicted molar refractivity (Wildman–Crippen MR) is 103 cm³/mol. The summed E-state index contributed by atoms with van der Waals surface area (Å²) in [5.41, 5.74) is 7.31. The van der Waals surface area contributed by atoms with E-state index in [0.29, 0.717) is 22.2 Å². The number of benzene rings is 2. The normalized spacial score (nSPS) is 12.2. The van der Waals surface area contributed by atoms with Gasteiger partial charge in [0.2, 0.25) is 5.43 Å². The molecular formula is C21H16N2O4. The number of carbonyl (C=O) groups is 1. The van der Waals surface area contributed by atoms with E-state index in [1.165, 1.54) is 25.3 Å². The zero-order valence-corrected chi connectivity index (χ0v) is 14.5. The standard InChI is InChI=1S/C21H16N2O4/c1-12(22)21(25)27-14-7-8-15-19(10-14)26-11-16(20(15)24)18-9-6-13-4-2-3-5-17(13)23-18/h2-12H,22H2,1H3/t12-/m0/s1. The van der Waals surface area contributed by atoms with Crippen LogP contribution >= 0.6 is 0 Å². The van der Waals surface area contributed by atoms with Crippen molar-refractivity contribution in [1.29, 1.82) is 0 Å². The second-order valence-electron chi connectivity index (χ2n) is 6.24. The van der Waals surface area contributed by atoms with Gasteiger partial charge in [-0.2, -0.15) is 0 Å². The van der Waals surface area contributed by atoms with Crippen molar-refractivity contribution in [1.82, 2.24) is 4.98 Å². The number of nitrogens with zero attached hydrogens (tertiary/aromatic N) is 1. The lowest BCUT2D eigenvalue weighted by Crippen LogP contribution is -2.30. The van der Waals surface area contributed by atoms with Crippen LogP contribution in [0.2, 0.25) is 0 Å². The van der Waals surface area contributed by atoms with Gasteiger partial charge in [-0.3, -0.25) is 4.79 Å². The van der Waals surface area contributed by atoms with E-state index in [1.54, 1.807) is 12.1 Å². The Morgan fingerprint density at radius 3 is 2.78 bits per heavy atom. The van der Waals surface area contributed by atoms with Crippen LogP contribution in [-0.2, 0) is 4.79 Å². The van der Waals surface area contributed by atoms with Crippen LogP contribution in [0.1, 0.15) is 6.92 Å². The molecule has 0 spiro atoms. The second-order valence-corrected chi connectivity index (χ2v) is 6.24. The SMILES string of the molecule is C[C@H](N)C(=O)Oc1ccc2c(=O)c(-c3ccc4ccccc4n3)coc2c1. The lowest BCUT2D eigenvalue weighted by Gasteiger charge is -2.08. The van der Waals surface area contributed by atoms with E-state index in [2.05, 4.69) is 4.98 Å². The molecule has 134 valence electrons. The molecule has 27 heavy (non-hydrogen) atoms. The van der Waals surface area contributed by atoms with E-state index < -0.39 is 12.0 Å². The summed E-state index contributed by atoms with van der Waals surface area (Å²) in [6.07, 6.45) is 1.37. The molecule has 0 fully saturated rings. The third-order valence-corrected chi connectivity index (χ3v) is 4.21. The molecule has 4 rings (SSSR count). The molecular weight excluding hydrogens is 344 g/mol. The fourth-order valence-electron chi connectivity index (χ4n) is 2.77. The van der Waals surface area contributed by atoms with Crippen molar-refractivity contribution in [3.05, 3.63) is 71.1 Å². The Balaban J connectivity index is 1.77. The van der Waals surface area contributed by atoms with Gasteiger partial charge in [0.15, 0.2) is 0 Å². The molecule has 0 aliphatic carbocycles. The van der Waals surface area contributed by atoms with Crippen molar-refractivity contribution < 1.29 is 13.9 Å². The number of hydrogen-bond acceptors (Lipinski definition) is 6. The number of esters is 1. The summed E-state index contributed by atoms with van der Waals surface area (Å²) in [6.45, 7) is 1.53. The first-order chi connectivity index (χ1) is 13.0. The number of para-hydroxylation sites is 1. The highest BCUT2D eigenvalue weighted by atomic mass is 16.5. The average molecular weight is 360 g/mol. The summed E-state index contributed by atoms with van der Waals surface area (Å²) in [5, 5.41) is 1.37. The van der Waals surface area contributed by atoms with Gasteiger partial charge in [0.1, 0.15) is 23.6 Å². The number of fused-ring (bicyclic) bond motifs is 2. The van der Waals surface area contributed by atoms with Gasteiger partial charge in [0.25, 0.3) is 0 Å². The molecule has 0 bridgehead atoms. The van der Waals surface area contributed by atoms with Gasteiger partial charge in [-0.05, 0) is 31.2 Å². The zero-order valence-electron chi connectivity index (χ0n) is 14.5. The molecule has 0 saturated heterocycles. The Labute approximate surface area is 154 Å². The minimum atomic E-state index is -0.742. The average Bonchev–Trinajstić information content (AvgIpc) is 2.68. The molecule has 0 saturated carbocycles.